The third-order valence-corrected chi connectivity index (χ3v) is 3.85. The lowest BCUT2D eigenvalue weighted by Crippen LogP contribution is -2.31. The van der Waals surface area contributed by atoms with E-state index in [0.717, 1.165) is 32.6 Å². The van der Waals surface area contributed by atoms with Crippen LogP contribution in [-0.4, -0.2) is 48.9 Å². The van der Waals surface area contributed by atoms with E-state index in [2.05, 4.69) is 18.9 Å². The van der Waals surface area contributed by atoms with E-state index in [4.69, 9.17) is 10.2 Å². The average Bonchev–Trinajstić information content (AvgIpc) is 3.06. The van der Waals surface area contributed by atoms with E-state index in [1.54, 1.807) is 6.07 Å². The fourth-order valence-corrected chi connectivity index (χ4v) is 2.86. The Bertz CT molecular complexity index is 444. The molecular formula is C15H25N3O2. The molecule has 112 valence electrons. The number of hydrogen-bond donors (Lipinski definition) is 1. The zero-order valence-corrected chi connectivity index (χ0v) is 12.5. The zero-order chi connectivity index (χ0) is 14.5. The number of hydrogen-bond acceptors (Lipinski definition) is 4. The highest BCUT2D eigenvalue weighted by Gasteiger charge is 2.28. The van der Waals surface area contributed by atoms with Crippen molar-refractivity contribution in [1.29, 1.82) is 0 Å². The molecule has 0 aromatic carbocycles. The predicted molar refractivity (Wildman–Crippen MR) is 78.4 cm³/mol. The molecule has 5 nitrogen and oxygen atoms in total. The predicted octanol–water partition coefficient (Wildman–Crippen LogP) is 1.54. The van der Waals surface area contributed by atoms with Crippen LogP contribution in [0.25, 0.3) is 0 Å². The number of nitrogens with two attached hydrogens (primary N) is 1. The van der Waals surface area contributed by atoms with Gasteiger partial charge in [-0.2, -0.15) is 0 Å². The Morgan fingerprint density at radius 3 is 3.05 bits per heavy atom. The fourth-order valence-electron chi connectivity index (χ4n) is 2.86. The van der Waals surface area contributed by atoms with Crippen molar-refractivity contribution in [2.45, 2.75) is 26.3 Å². The molecule has 1 fully saturated rings. The molecule has 2 N–H and O–H groups in total. The van der Waals surface area contributed by atoms with Gasteiger partial charge < -0.3 is 20.0 Å². The molecule has 2 heterocycles. The molecular weight excluding hydrogens is 254 g/mol. The Morgan fingerprint density at radius 1 is 1.60 bits per heavy atom. The summed E-state index contributed by atoms with van der Waals surface area (Å²) in [5.41, 5.74) is 6.12. The van der Waals surface area contributed by atoms with Gasteiger partial charge >= 0.3 is 0 Å². The lowest BCUT2D eigenvalue weighted by Gasteiger charge is -2.20. The molecule has 1 saturated heterocycles. The first-order valence-corrected chi connectivity index (χ1v) is 7.39. The molecule has 1 amide bonds. The van der Waals surface area contributed by atoms with Crippen LogP contribution >= 0.6 is 0 Å². The average molecular weight is 279 g/mol. The first-order valence-electron chi connectivity index (χ1n) is 7.39. The highest BCUT2D eigenvalue weighted by molar-refractivity contribution is 5.94. The molecule has 1 aliphatic heterocycles. The molecule has 0 aliphatic carbocycles. The third kappa shape index (κ3) is 3.61. The number of carbonyl (C=O) groups is 1. The molecule has 1 atom stereocenters. The minimum Gasteiger partial charge on any atom is -0.467 e. The normalized spacial score (nSPS) is 19.0. The topological polar surface area (TPSA) is 62.7 Å². The Labute approximate surface area is 120 Å². The molecule has 0 bridgehead atoms. The summed E-state index contributed by atoms with van der Waals surface area (Å²) in [7, 11) is 2.15. The zero-order valence-electron chi connectivity index (χ0n) is 12.5. The lowest BCUT2D eigenvalue weighted by atomic mass is 10.1. The Morgan fingerprint density at radius 2 is 2.40 bits per heavy atom. The highest BCUT2D eigenvalue weighted by atomic mass is 16.3. The summed E-state index contributed by atoms with van der Waals surface area (Å²) in [5, 5.41) is 0. The summed E-state index contributed by atoms with van der Waals surface area (Å²) in [4.78, 5) is 16.6. The largest absolute Gasteiger partial charge is 0.467 e. The van der Waals surface area contributed by atoms with Gasteiger partial charge in [-0.25, -0.2) is 0 Å². The van der Waals surface area contributed by atoms with Gasteiger partial charge in [-0.3, -0.25) is 4.79 Å². The lowest BCUT2D eigenvalue weighted by molar-refractivity contribution is 0.0783. The van der Waals surface area contributed by atoms with Gasteiger partial charge in [-0.05, 0) is 38.4 Å². The number of likely N-dealkylation sites (tertiary alicyclic amines) is 1. The molecule has 20 heavy (non-hydrogen) atoms. The van der Waals surface area contributed by atoms with Gasteiger partial charge in [-0.15, -0.1) is 0 Å². The van der Waals surface area contributed by atoms with E-state index in [0.29, 0.717) is 23.8 Å². The summed E-state index contributed by atoms with van der Waals surface area (Å²) < 4.78 is 5.24. The molecule has 5 heteroatoms. The Kier molecular flexibility index (Phi) is 5.20. The van der Waals surface area contributed by atoms with Gasteiger partial charge in [0.1, 0.15) is 12.0 Å². The summed E-state index contributed by atoms with van der Waals surface area (Å²) >= 11 is 0. The monoisotopic (exact) mass is 279 g/mol. The summed E-state index contributed by atoms with van der Waals surface area (Å²) in [5.74, 6) is 1.30. The van der Waals surface area contributed by atoms with Crippen LogP contribution < -0.4 is 5.73 Å². The van der Waals surface area contributed by atoms with Crippen molar-refractivity contribution in [2.24, 2.45) is 11.7 Å². The van der Waals surface area contributed by atoms with E-state index >= 15 is 0 Å². The standard InChI is InChI=1S/C15H25N3O2/c1-3-5-17(2)9-12-4-6-18(10-12)15(19)13-7-14(8-16)20-11-13/h7,11-12H,3-6,8-10,16H2,1-2H3. The van der Waals surface area contributed by atoms with Crippen molar-refractivity contribution in [2.75, 3.05) is 33.2 Å². The van der Waals surface area contributed by atoms with Crippen LogP contribution in [0.1, 0.15) is 35.9 Å². The van der Waals surface area contributed by atoms with Crippen molar-refractivity contribution in [3.63, 3.8) is 0 Å². The molecule has 0 radical (unpaired) electrons. The van der Waals surface area contributed by atoms with Crippen LogP contribution in [-0.2, 0) is 6.54 Å². The molecule has 0 spiro atoms. The number of nitrogens with zero attached hydrogens (tertiary/aromatic N) is 2. The minimum absolute atomic E-state index is 0.0640. The molecule has 1 unspecified atom stereocenters. The van der Waals surface area contributed by atoms with Crippen molar-refractivity contribution in [3.8, 4) is 0 Å². The van der Waals surface area contributed by atoms with Crippen molar-refractivity contribution in [3.05, 3.63) is 23.7 Å². The van der Waals surface area contributed by atoms with Gasteiger partial charge in [0, 0.05) is 19.6 Å². The van der Waals surface area contributed by atoms with E-state index in [-0.39, 0.29) is 5.91 Å². The Balaban J connectivity index is 1.87. The maximum Gasteiger partial charge on any atom is 0.257 e. The van der Waals surface area contributed by atoms with E-state index in [1.807, 2.05) is 4.90 Å². The molecule has 1 aromatic heterocycles. The van der Waals surface area contributed by atoms with Crippen LogP contribution in [0.5, 0.6) is 0 Å². The number of amides is 1. The quantitative estimate of drug-likeness (QED) is 0.858. The molecule has 0 saturated carbocycles. The SMILES string of the molecule is CCCN(C)CC1CCN(C(=O)c2coc(CN)c2)C1. The second-order valence-electron chi connectivity index (χ2n) is 5.67. The van der Waals surface area contributed by atoms with Crippen molar-refractivity contribution in [1.82, 2.24) is 9.80 Å². The van der Waals surface area contributed by atoms with Gasteiger partial charge in [0.25, 0.3) is 5.91 Å². The van der Waals surface area contributed by atoms with Gasteiger partial charge in [0.15, 0.2) is 0 Å². The van der Waals surface area contributed by atoms with Gasteiger partial charge in [0.2, 0.25) is 0 Å². The number of carbonyl (C=O) groups excluding carboxylic acids is 1. The van der Waals surface area contributed by atoms with Gasteiger partial charge in [-0.1, -0.05) is 6.92 Å². The number of rotatable bonds is 6. The summed E-state index contributed by atoms with van der Waals surface area (Å²) in [6.07, 6.45) is 3.77. The highest BCUT2D eigenvalue weighted by Crippen LogP contribution is 2.20. The van der Waals surface area contributed by atoms with Crippen LogP contribution in [0.3, 0.4) is 0 Å². The third-order valence-electron chi connectivity index (χ3n) is 3.85. The van der Waals surface area contributed by atoms with Crippen LogP contribution in [0.15, 0.2) is 16.7 Å². The summed E-state index contributed by atoms with van der Waals surface area (Å²) in [6, 6.07) is 1.75. The molecule has 2 rings (SSSR count). The van der Waals surface area contributed by atoms with Crippen molar-refractivity contribution < 1.29 is 9.21 Å². The second kappa shape index (κ2) is 6.90. The number of furan rings is 1. The van der Waals surface area contributed by atoms with Crippen LogP contribution in [0, 0.1) is 5.92 Å². The minimum atomic E-state index is 0.0640. The van der Waals surface area contributed by atoms with Crippen LogP contribution in [0.4, 0.5) is 0 Å². The van der Waals surface area contributed by atoms with E-state index in [9.17, 15) is 4.79 Å². The van der Waals surface area contributed by atoms with Crippen LogP contribution in [0.2, 0.25) is 0 Å². The first-order chi connectivity index (χ1) is 9.63. The van der Waals surface area contributed by atoms with E-state index < -0.39 is 0 Å². The van der Waals surface area contributed by atoms with E-state index in [1.165, 1.54) is 12.7 Å². The van der Waals surface area contributed by atoms with Gasteiger partial charge in [0.05, 0.1) is 12.1 Å². The second-order valence-corrected chi connectivity index (χ2v) is 5.67. The summed E-state index contributed by atoms with van der Waals surface area (Å²) in [6.45, 7) is 6.39. The molecule has 1 aromatic rings. The maximum atomic E-state index is 12.3. The maximum absolute atomic E-state index is 12.3. The molecule has 1 aliphatic rings. The first kappa shape index (κ1) is 15.1. The fraction of sp³-hybridized carbons (Fsp3) is 0.667. The Hall–Kier alpha value is -1.33. The smallest absolute Gasteiger partial charge is 0.257 e. The van der Waals surface area contributed by atoms with Crippen molar-refractivity contribution >= 4 is 5.91 Å².